The molecule has 0 fully saturated rings. The number of ether oxygens (including phenoxy) is 1. The van der Waals surface area contributed by atoms with Crippen LogP contribution in [0, 0.1) is 0 Å². The summed E-state index contributed by atoms with van der Waals surface area (Å²) in [6.45, 7) is 1.53. The van der Waals surface area contributed by atoms with Gasteiger partial charge in [0.1, 0.15) is 5.75 Å². The van der Waals surface area contributed by atoms with Gasteiger partial charge in [-0.25, -0.2) is 4.39 Å². The van der Waals surface area contributed by atoms with Crippen LogP contribution in [0.1, 0.15) is 40.7 Å². The van der Waals surface area contributed by atoms with Crippen molar-refractivity contribution in [2.24, 2.45) is 0 Å². The quantitative estimate of drug-likeness (QED) is 0.768. The molecule has 2 nitrogen and oxygen atoms in total. The number of hydrogen-bond acceptors (Lipinski definition) is 2. The van der Waals surface area contributed by atoms with E-state index in [4.69, 9.17) is 4.74 Å². The van der Waals surface area contributed by atoms with Gasteiger partial charge in [-0.3, -0.25) is 4.79 Å². The summed E-state index contributed by atoms with van der Waals surface area (Å²) in [4.78, 5) is 11.8. The zero-order valence-corrected chi connectivity index (χ0v) is 11.2. The van der Waals surface area contributed by atoms with Gasteiger partial charge in [0.2, 0.25) is 6.36 Å². The topological polar surface area (TPSA) is 26.3 Å². The Morgan fingerprint density at radius 3 is 2.60 bits per heavy atom. The molecule has 102 valence electrons. The first-order chi connectivity index (χ1) is 9.66. The first-order valence-electron chi connectivity index (χ1n) is 6.66. The van der Waals surface area contributed by atoms with Gasteiger partial charge in [-0.15, -0.1) is 0 Å². The first-order valence-corrected chi connectivity index (χ1v) is 6.66. The molecule has 3 rings (SSSR count). The Morgan fingerprint density at radius 1 is 1.15 bits per heavy atom. The molecule has 1 aliphatic rings. The molecule has 20 heavy (non-hydrogen) atoms. The second-order valence-corrected chi connectivity index (χ2v) is 5.00. The number of hydrogen-bond donors (Lipinski definition) is 0. The predicted molar refractivity (Wildman–Crippen MR) is 74.9 cm³/mol. The lowest BCUT2D eigenvalue weighted by Crippen LogP contribution is -2.24. The van der Waals surface area contributed by atoms with Crippen molar-refractivity contribution < 1.29 is 13.9 Å². The molecule has 0 saturated heterocycles. The highest BCUT2D eigenvalue weighted by Crippen LogP contribution is 2.42. The van der Waals surface area contributed by atoms with E-state index in [2.05, 4.69) is 0 Å². The number of alkyl halides is 1. The molecule has 0 unspecified atom stereocenters. The molecular formula is C17H15FO2. The predicted octanol–water partition coefficient (Wildman–Crippen LogP) is 4.10. The third kappa shape index (κ3) is 2.20. The summed E-state index contributed by atoms with van der Waals surface area (Å²) in [5, 5.41) is 0. The normalized spacial score (nSPS) is 20.9. The number of Topliss-reactive ketones (excluding diaryl/α,β-unsaturated/α-hetero) is 1. The van der Waals surface area contributed by atoms with Gasteiger partial charge in [0, 0.05) is 23.5 Å². The Hall–Kier alpha value is -2.16. The zero-order valence-electron chi connectivity index (χ0n) is 11.2. The molecular weight excluding hydrogens is 255 g/mol. The van der Waals surface area contributed by atoms with Crippen molar-refractivity contribution in [3.8, 4) is 5.75 Å². The lowest BCUT2D eigenvalue weighted by molar-refractivity contribution is 0.0415. The maximum atomic E-state index is 13.8. The third-order valence-corrected chi connectivity index (χ3v) is 3.67. The number of ketones is 1. The van der Waals surface area contributed by atoms with Gasteiger partial charge in [0.25, 0.3) is 0 Å². The number of fused-ring (bicyclic) bond motifs is 1. The van der Waals surface area contributed by atoms with E-state index in [1.165, 1.54) is 6.92 Å². The van der Waals surface area contributed by atoms with Gasteiger partial charge in [-0.2, -0.15) is 0 Å². The molecule has 2 aromatic carbocycles. The largest absolute Gasteiger partial charge is 0.460 e. The average Bonchev–Trinajstić information content (AvgIpc) is 2.46. The van der Waals surface area contributed by atoms with E-state index in [1.807, 2.05) is 30.3 Å². The Labute approximate surface area is 117 Å². The van der Waals surface area contributed by atoms with Crippen molar-refractivity contribution in [2.75, 3.05) is 0 Å². The molecule has 0 aromatic heterocycles. The average molecular weight is 270 g/mol. The maximum absolute atomic E-state index is 13.8. The van der Waals surface area contributed by atoms with E-state index >= 15 is 0 Å². The van der Waals surface area contributed by atoms with Crippen LogP contribution in [0.25, 0.3) is 0 Å². The highest BCUT2D eigenvalue weighted by Gasteiger charge is 2.32. The van der Waals surface area contributed by atoms with E-state index < -0.39 is 6.36 Å². The van der Waals surface area contributed by atoms with Crippen molar-refractivity contribution in [3.63, 3.8) is 0 Å². The smallest absolute Gasteiger partial charge is 0.239 e. The summed E-state index contributed by atoms with van der Waals surface area (Å²) < 4.78 is 19.1. The minimum atomic E-state index is -1.34. The van der Waals surface area contributed by atoms with Crippen molar-refractivity contribution in [3.05, 3.63) is 65.2 Å². The fraction of sp³-hybridized carbons (Fsp3) is 0.235. The highest BCUT2D eigenvalue weighted by molar-refractivity contribution is 5.96. The van der Waals surface area contributed by atoms with Gasteiger partial charge < -0.3 is 4.74 Å². The van der Waals surface area contributed by atoms with E-state index in [0.29, 0.717) is 11.3 Å². The molecule has 0 radical (unpaired) electrons. The van der Waals surface area contributed by atoms with Gasteiger partial charge in [0.05, 0.1) is 0 Å². The summed E-state index contributed by atoms with van der Waals surface area (Å²) in [5.74, 6) is 0.309. The number of benzene rings is 2. The molecule has 0 bridgehead atoms. The SMILES string of the molecule is CC(=O)c1cccc2c1[C@@H](c1ccccc1)C[C@@H](F)O2. The molecule has 2 atom stereocenters. The van der Waals surface area contributed by atoms with E-state index in [9.17, 15) is 9.18 Å². The van der Waals surface area contributed by atoms with Crippen LogP contribution in [0.15, 0.2) is 48.5 Å². The van der Waals surface area contributed by atoms with Crippen LogP contribution in [-0.2, 0) is 0 Å². The Kier molecular flexibility index (Phi) is 3.26. The Bertz CT molecular complexity index is 637. The maximum Gasteiger partial charge on any atom is 0.239 e. The molecule has 3 heteroatoms. The van der Waals surface area contributed by atoms with Gasteiger partial charge >= 0.3 is 0 Å². The Balaban J connectivity index is 2.18. The molecule has 0 aliphatic carbocycles. The molecule has 0 spiro atoms. The standard InChI is InChI=1S/C17H15FO2/c1-11(19)13-8-5-9-15-17(13)14(10-16(18)20-15)12-6-3-2-4-7-12/h2-9,14,16H,10H2,1H3/t14-,16+/m1/s1. The van der Waals surface area contributed by atoms with Gasteiger partial charge in [-0.05, 0) is 18.6 Å². The van der Waals surface area contributed by atoms with E-state index in [0.717, 1.165) is 11.1 Å². The molecule has 0 N–H and O–H groups in total. The van der Waals surface area contributed by atoms with Gasteiger partial charge in [0.15, 0.2) is 5.78 Å². The summed E-state index contributed by atoms with van der Waals surface area (Å²) in [5.41, 5.74) is 2.43. The second kappa shape index (κ2) is 5.08. The third-order valence-electron chi connectivity index (χ3n) is 3.67. The molecule has 0 saturated carbocycles. The first kappa shape index (κ1) is 12.9. The zero-order chi connectivity index (χ0) is 14.1. The summed E-state index contributed by atoms with van der Waals surface area (Å²) in [7, 11) is 0. The fourth-order valence-electron chi connectivity index (χ4n) is 2.79. The molecule has 1 heterocycles. The number of carbonyl (C=O) groups is 1. The lowest BCUT2D eigenvalue weighted by atomic mass is 9.83. The Morgan fingerprint density at radius 2 is 1.90 bits per heavy atom. The molecule has 0 amide bonds. The molecule has 1 aliphatic heterocycles. The summed E-state index contributed by atoms with van der Waals surface area (Å²) in [6, 6.07) is 14.9. The van der Waals surface area contributed by atoms with E-state index in [1.54, 1.807) is 18.2 Å². The van der Waals surface area contributed by atoms with Crippen LogP contribution >= 0.6 is 0 Å². The number of carbonyl (C=O) groups excluding carboxylic acids is 1. The van der Waals surface area contributed by atoms with Crippen LogP contribution in [0.2, 0.25) is 0 Å². The number of rotatable bonds is 2. The van der Waals surface area contributed by atoms with Crippen LogP contribution in [0.4, 0.5) is 4.39 Å². The minimum absolute atomic E-state index is 0.0244. The summed E-state index contributed by atoms with van der Waals surface area (Å²) >= 11 is 0. The van der Waals surface area contributed by atoms with Crippen LogP contribution in [0.5, 0.6) is 5.75 Å². The van der Waals surface area contributed by atoms with Crippen molar-refractivity contribution in [2.45, 2.75) is 25.6 Å². The van der Waals surface area contributed by atoms with Crippen molar-refractivity contribution >= 4 is 5.78 Å². The molecule has 2 aromatic rings. The lowest BCUT2D eigenvalue weighted by Gasteiger charge is -2.30. The summed E-state index contributed by atoms with van der Waals surface area (Å²) in [6.07, 6.45) is -1.10. The minimum Gasteiger partial charge on any atom is -0.460 e. The van der Waals surface area contributed by atoms with Crippen LogP contribution < -0.4 is 4.74 Å². The van der Waals surface area contributed by atoms with Crippen molar-refractivity contribution in [1.82, 2.24) is 0 Å². The van der Waals surface area contributed by atoms with Crippen LogP contribution in [-0.4, -0.2) is 12.1 Å². The van der Waals surface area contributed by atoms with E-state index in [-0.39, 0.29) is 18.1 Å². The van der Waals surface area contributed by atoms with Crippen LogP contribution in [0.3, 0.4) is 0 Å². The fourth-order valence-corrected chi connectivity index (χ4v) is 2.79. The highest BCUT2D eigenvalue weighted by atomic mass is 19.1. The van der Waals surface area contributed by atoms with Crippen molar-refractivity contribution in [1.29, 1.82) is 0 Å². The van der Waals surface area contributed by atoms with Gasteiger partial charge in [-0.1, -0.05) is 42.5 Å². The second-order valence-electron chi connectivity index (χ2n) is 5.00. The monoisotopic (exact) mass is 270 g/mol. The number of halogens is 1.